The minimum atomic E-state index is -0.438. The molecule has 148 valence electrons. The molecule has 0 aliphatic carbocycles. The number of rotatable bonds is 5. The van der Waals surface area contributed by atoms with Crippen molar-refractivity contribution in [1.82, 2.24) is 10.2 Å². The fraction of sp³-hybridized carbons (Fsp3) is 0.227. The summed E-state index contributed by atoms with van der Waals surface area (Å²) in [4.78, 5) is 27.7. The maximum Gasteiger partial charge on any atom is 0.253 e. The van der Waals surface area contributed by atoms with E-state index in [2.05, 4.69) is 11.9 Å². The molecule has 3 rings (SSSR count). The van der Waals surface area contributed by atoms with E-state index >= 15 is 0 Å². The fourth-order valence-electron chi connectivity index (χ4n) is 3.23. The molecule has 1 aliphatic heterocycles. The van der Waals surface area contributed by atoms with Crippen LogP contribution in [0.4, 0.5) is 10.1 Å². The number of amides is 2. The fourth-order valence-corrected chi connectivity index (χ4v) is 3.23. The van der Waals surface area contributed by atoms with Gasteiger partial charge in [0.05, 0.1) is 11.3 Å². The maximum atomic E-state index is 13.3. The van der Waals surface area contributed by atoms with Crippen molar-refractivity contribution in [3.05, 3.63) is 77.6 Å². The first-order chi connectivity index (χ1) is 14.0. The highest BCUT2D eigenvalue weighted by molar-refractivity contribution is 5.94. The molecule has 0 radical (unpaired) electrons. The van der Waals surface area contributed by atoms with Crippen LogP contribution in [0.3, 0.4) is 0 Å². The van der Waals surface area contributed by atoms with Gasteiger partial charge in [-0.25, -0.2) is 4.39 Å². The number of carbonyl (C=O) groups is 2. The maximum absolute atomic E-state index is 13.3. The van der Waals surface area contributed by atoms with Crippen LogP contribution in [-0.4, -0.2) is 42.9 Å². The van der Waals surface area contributed by atoms with E-state index in [1.165, 1.54) is 18.2 Å². The lowest BCUT2D eigenvalue weighted by Crippen LogP contribution is -2.49. The molecule has 1 saturated heterocycles. The summed E-state index contributed by atoms with van der Waals surface area (Å²) in [6.07, 6.45) is 1.21. The van der Waals surface area contributed by atoms with E-state index in [-0.39, 0.29) is 11.8 Å². The molecule has 1 heterocycles. The first kappa shape index (κ1) is 20.1. The van der Waals surface area contributed by atoms with Crippen LogP contribution in [0.1, 0.15) is 21.5 Å². The van der Waals surface area contributed by atoms with Crippen molar-refractivity contribution < 1.29 is 14.0 Å². The summed E-state index contributed by atoms with van der Waals surface area (Å²) in [5, 5.41) is 11.9. The first-order valence-corrected chi connectivity index (χ1v) is 9.25. The van der Waals surface area contributed by atoms with Crippen LogP contribution >= 0.6 is 0 Å². The van der Waals surface area contributed by atoms with Gasteiger partial charge in [-0.3, -0.25) is 9.59 Å². The predicted octanol–water partition coefficient (Wildman–Crippen LogP) is 2.46. The predicted molar refractivity (Wildman–Crippen MR) is 108 cm³/mol. The van der Waals surface area contributed by atoms with E-state index in [9.17, 15) is 19.2 Å². The molecule has 0 saturated carbocycles. The van der Waals surface area contributed by atoms with Crippen molar-refractivity contribution in [3.8, 4) is 6.07 Å². The molecular weight excluding hydrogens is 371 g/mol. The topological polar surface area (TPSA) is 76.4 Å². The molecule has 0 aromatic heterocycles. The first-order valence-electron chi connectivity index (χ1n) is 9.25. The van der Waals surface area contributed by atoms with Gasteiger partial charge in [-0.2, -0.15) is 5.26 Å². The quantitative estimate of drug-likeness (QED) is 0.793. The third kappa shape index (κ3) is 4.79. The molecule has 0 unspecified atom stereocenters. The van der Waals surface area contributed by atoms with Gasteiger partial charge in [0.25, 0.3) is 5.91 Å². The number of nitrogens with zero attached hydrogens (tertiary/aromatic N) is 3. The highest BCUT2D eigenvalue weighted by Gasteiger charge is 2.23. The van der Waals surface area contributed by atoms with E-state index in [4.69, 9.17) is 0 Å². The summed E-state index contributed by atoms with van der Waals surface area (Å²) in [5.41, 5.74) is 2.45. The van der Waals surface area contributed by atoms with Crippen LogP contribution in [0, 0.1) is 17.1 Å². The Balaban J connectivity index is 1.59. The summed E-state index contributed by atoms with van der Waals surface area (Å²) in [5.74, 6) is -0.749. The number of carbonyl (C=O) groups excluding carboxylic acids is 2. The second-order valence-corrected chi connectivity index (χ2v) is 6.67. The van der Waals surface area contributed by atoms with Gasteiger partial charge in [0.15, 0.2) is 0 Å². The number of piperazine rings is 1. The van der Waals surface area contributed by atoms with Crippen molar-refractivity contribution >= 4 is 17.5 Å². The van der Waals surface area contributed by atoms with E-state index < -0.39 is 5.82 Å². The van der Waals surface area contributed by atoms with Gasteiger partial charge in [-0.1, -0.05) is 18.7 Å². The van der Waals surface area contributed by atoms with Crippen LogP contribution < -0.4 is 10.2 Å². The van der Waals surface area contributed by atoms with Crippen LogP contribution in [0.25, 0.3) is 0 Å². The smallest absolute Gasteiger partial charge is 0.253 e. The Morgan fingerprint density at radius 3 is 2.45 bits per heavy atom. The second kappa shape index (κ2) is 9.02. The molecule has 0 bridgehead atoms. The van der Waals surface area contributed by atoms with Gasteiger partial charge in [-0.05, 0) is 42.0 Å². The molecule has 1 fully saturated rings. The number of hydrogen-bond donors (Lipinski definition) is 1. The van der Waals surface area contributed by atoms with E-state index in [1.807, 2.05) is 23.1 Å². The number of benzene rings is 2. The largest absolute Gasteiger partial charge is 0.367 e. The van der Waals surface area contributed by atoms with Crippen molar-refractivity contribution in [2.75, 3.05) is 31.1 Å². The minimum absolute atomic E-state index is 0.0639. The number of nitrogens with one attached hydrogen (secondary N) is 1. The average Bonchev–Trinajstić information content (AvgIpc) is 2.77. The zero-order valence-corrected chi connectivity index (χ0v) is 15.9. The van der Waals surface area contributed by atoms with Crippen molar-refractivity contribution in [1.29, 1.82) is 5.26 Å². The zero-order chi connectivity index (χ0) is 20.8. The third-order valence-electron chi connectivity index (χ3n) is 4.84. The molecule has 0 atom stereocenters. The van der Waals surface area contributed by atoms with Gasteiger partial charge in [0.1, 0.15) is 11.9 Å². The highest BCUT2D eigenvalue weighted by Crippen LogP contribution is 2.23. The van der Waals surface area contributed by atoms with Gasteiger partial charge >= 0.3 is 0 Å². The normalized spacial score (nSPS) is 13.5. The lowest BCUT2D eigenvalue weighted by atomic mass is 10.1. The van der Waals surface area contributed by atoms with Gasteiger partial charge in [0.2, 0.25) is 5.91 Å². The average molecular weight is 392 g/mol. The molecule has 7 heteroatoms. The van der Waals surface area contributed by atoms with Crippen LogP contribution in [0.15, 0.2) is 55.1 Å². The highest BCUT2D eigenvalue weighted by atomic mass is 19.1. The Hall–Kier alpha value is -3.66. The molecule has 2 amide bonds. The van der Waals surface area contributed by atoms with Gasteiger partial charge in [0, 0.05) is 38.3 Å². The number of anilines is 1. The number of hydrogen-bond acceptors (Lipinski definition) is 4. The lowest BCUT2D eigenvalue weighted by molar-refractivity contribution is -0.116. The van der Waals surface area contributed by atoms with Gasteiger partial charge < -0.3 is 15.1 Å². The lowest BCUT2D eigenvalue weighted by Gasteiger charge is -2.36. The van der Waals surface area contributed by atoms with Gasteiger partial charge in [-0.15, -0.1) is 0 Å². The molecule has 1 aliphatic rings. The molecule has 29 heavy (non-hydrogen) atoms. The summed E-state index contributed by atoms with van der Waals surface area (Å²) < 4.78 is 13.3. The second-order valence-electron chi connectivity index (χ2n) is 6.67. The molecule has 0 spiro atoms. The number of nitriles is 1. The molecule has 2 aromatic rings. The number of halogens is 1. The minimum Gasteiger partial charge on any atom is -0.367 e. The monoisotopic (exact) mass is 392 g/mol. The SMILES string of the molecule is C=CC(=O)NCc1ccc(C(=O)N2CCN(c3ccc(F)cc3C#N)CC2)cc1. The standard InChI is InChI=1S/C22H21FN4O2/c1-2-21(28)25-15-16-3-5-17(6-4-16)22(29)27-11-9-26(10-12-27)20-8-7-19(23)13-18(20)14-24/h2-8,13H,1,9-12,15H2,(H,25,28). The summed E-state index contributed by atoms with van der Waals surface area (Å²) in [6, 6.07) is 13.3. The van der Waals surface area contributed by atoms with Crippen molar-refractivity contribution in [2.45, 2.75) is 6.54 Å². The van der Waals surface area contributed by atoms with E-state index in [1.54, 1.807) is 23.1 Å². The van der Waals surface area contributed by atoms with E-state index in [0.29, 0.717) is 49.5 Å². The Morgan fingerprint density at radius 1 is 1.14 bits per heavy atom. The van der Waals surface area contributed by atoms with Crippen LogP contribution in [0.5, 0.6) is 0 Å². The summed E-state index contributed by atoms with van der Waals surface area (Å²) >= 11 is 0. The van der Waals surface area contributed by atoms with Crippen LogP contribution in [0.2, 0.25) is 0 Å². The van der Waals surface area contributed by atoms with Crippen LogP contribution in [-0.2, 0) is 11.3 Å². The Bertz CT molecular complexity index is 958. The molecular formula is C22H21FN4O2. The van der Waals surface area contributed by atoms with E-state index in [0.717, 1.165) is 5.56 Å². The Morgan fingerprint density at radius 2 is 1.83 bits per heavy atom. The molecule has 6 nitrogen and oxygen atoms in total. The third-order valence-corrected chi connectivity index (χ3v) is 4.84. The Kier molecular flexibility index (Phi) is 6.25. The summed E-state index contributed by atoms with van der Waals surface area (Å²) in [6.45, 7) is 5.93. The zero-order valence-electron chi connectivity index (χ0n) is 15.9. The van der Waals surface area contributed by atoms with Crippen molar-refractivity contribution in [3.63, 3.8) is 0 Å². The molecule has 2 aromatic carbocycles. The Labute approximate surface area is 168 Å². The van der Waals surface area contributed by atoms with Crippen molar-refractivity contribution in [2.24, 2.45) is 0 Å². The molecule has 1 N–H and O–H groups in total. The summed E-state index contributed by atoms with van der Waals surface area (Å²) in [7, 11) is 0.